The van der Waals surface area contributed by atoms with Crippen molar-refractivity contribution in [3.63, 3.8) is 0 Å². The molecule has 0 aromatic heterocycles. The van der Waals surface area contributed by atoms with Crippen LogP contribution in [0.5, 0.6) is 0 Å². The summed E-state index contributed by atoms with van der Waals surface area (Å²) in [5.74, 6) is -1.08. The Balaban J connectivity index is 0.00000144. The maximum absolute atomic E-state index is 13.4. The van der Waals surface area contributed by atoms with Gasteiger partial charge in [-0.1, -0.05) is 18.2 Å². The Kier molecular flexibility index (Phi) is 4.90. The number of halogens is 2. The summed E-state index contributed by atoms with van der Waals surface area (Å²) in [5, 5.41) is 9.00. The van der Waals surface area contributed by atoms with Gasteiger partial charge in [0.2, 0.25) is 0 Å². The summed E-state index contributed by atoms with van der Waals surface area (Å²) in [7, 11) is 0. The van der Waals surface area contributed by atoms with E-state index in [9.17, 15) is 9.18 Å². The lowest BCUT2D eigenvalue weighted by Crippen LogP contribution is -2.35. The van der Waals surface area contributed by atoms with E-state index in [4.69, 9.17) is 5.11 Å². The number of hydrogen-bond acceptors (Lipinski definition) is 2. The van der Waals surface area contributed by atoms with Crippen LogP contribution in [0.1, 0.15) is 18.4 Å². The number of carboxylic acid groups (broad SMARTS) is 1. The zero-order chi connectivity index (χ0) is 11.5. The van der Waals surface area contributed by atoms with E-state index >= 15 is 0 Å². The molecule has 2 rings (SSSR count). The summed E-state index contributed by atoms with van der Waals surface area (Å²) in [4.78, 5) is 12.8. The number of nitrogens with zero attached hydrogens (tertiary/aromatic N) is 1. The fourth-order valence-corrected chi connectivity index (χ4v) is 2.14. The monoisotopic (exact) mass is 259 g/mol. The van der Waals surface area contributed by atoms with Gasteiger partial charge in [-0.2, -0.15) is 0 Å². The van der Waals surface area contributed by atoms with Crippen molar-refractivity contribution in [1.82, 2.24) is 4.90 Å². The van der Waals surface area contributed by atoms with Crippen molar-refractivity contribution < 1.29 is 14.3 Å². The third-order valence-corrected chi connectivity index (χ3v) is 2.98. The highest BCUT2D eigenvalue weighted by molar-refractivity contribution is 5.85. The summed E-state index contributed by atoms with van der Waals surface area (Å²) in [6.45, 7) is 1.11. The second-order valence-electron chi connectivity index (χ2n) is 4.06. The fraction of sp³-hybridized carbons (Fsp3) is 0.417. The van der Waals surface area contributed by atoms with E-state index in [0.29, 0.717) is 18.5 Å². The second-order valence-corrected chi connectivity index (χ2v) is 4.06. The van der Waals surface area contributed by atoms with Gasteiger partial charge in [-0.05, 0) is 25.5 Å². The average Bonchev–Trinajstić information content (AvgIpc) is 2.69. The van der Waals surface area contributed by atoms with Gasteiger partial charge in [0.05, 0.1) is 0 Å². The van der Waals surface area contributed by atoms with Gasteiger partial charge in [-0.25, -0.2) is 4.39 Å². The minimum Gasteiger partial charge on any atom is -0.480 e. The predicted octanol–water partition coefficient (Wildman–Crippen LogP) is 2.30. The normalized spacial score (nSPS) is 19.9. The number of carboxylic acids is 1. The first-order chi connectivity index (χ1) is 7.68. The standard InChI is InChI=1S/C12H14FNO2.ClH/c13-10-5-2-1-4-9(10)8-14-7-3-6-11(14)12(15)16;/h1-2,4-5,11H,3,6-8H2,(H,15,16);1H/t11-;/m0./s1. The summed E-state index contributed by atoms with van der Waals surface area (Å²) in [6, 6.07) is 6.05. The molecule has 3 nitrogen and oxygen atoms in total. The van der Waals surface area contributed by atoms with E-state index < -0.39 is 12.0 Å². The number of carbonyl (C=O) groups is 1. The zero-order valence-electron chi connectivity index (χ0n) is 9.30. The quantitative estimate of drug-likeness (QED) is 0.906. The highest BCUT2D eigenvalue weighted by atomic mass is 35.5. The van der Waals surface area contributed by atoms with Crippen molar-refractivity contribution in [3.8, 4) is 0 Å². The Labute approximate surface area is 106 Å². The lowest BCUT2D eigenvalue weighted by Gasteiger charge is -2.21. The Bertz CT molecular complexity index is 400. The van der Waals surface area contributed by atoms with Crippen molar-refractivity contribution in [1.29, 1.82) is 0 Å². The van der Waals surface area contributed by atoms with Crippen LogP contribution in [-0.4, -0.2) is 28.6 Å². The van der Waals surface area contributed by atoms with Gasteiger partial charge in [0.1, 0.15) is 11.9 Å². The van der Waals surface area contributed by atoms with Crippen LogP contribution in [-0.2, 0) is 11.3 Å². The first-order valence-electron chi connectivity index (χ1n) is 5.39. The first kappa shape index (κ1) is 13.9. The Hall–Kier alpha value is -1.13. The summed E-state index contributed by atoms with van der Waals surface area (Å²) in [5.41, 5.74) is 0.565. The van der Waals surface area contributed by atoms with Crippen molar-refractivity contribution in [2.75, 3.05) is 6.54 Å². The van der Waals surface area contributed by atoms with Crippen LogP contribution in [0.15, 0.2) is 24.3 Å². The lowest BCUT2D eigenvalue weighted by molar-refractivity contribution is -0.142. The molecule has 1 N–H and O–H groups in total. The molecule has 0 saturated carbocycles. The van der Waals surface area contributed by atoms with Gasteiger partial charge >= 0.3 is 5.97 Å². The molecule has 0 radical (unpaired) electrons. The number of hydrogen-bond donors (Lipinski definition) is 1. The van der Waals surface area contributed by atoms with E-state index in [2.05, 4.69) is 0 Å². The maximum Gasteiger partial charge on any atom is 0.320 e. The molecule has 5 heteroatoms. The van der Waals surface area contributed by atoms with Crippen molar-refractivity contribution in [3.05, 3.63) is 35.6 Å². The molecule has 1 aliphatic heterocycles. The molecule has 1 aliphatic rings. The van der Waals surface area contributed by atoms with Crippen LogP contribution in [0.3, 0.4) is 0 Å². The van der Waals surface area contributed by atoms with Crippen molar-refractivity contribution >= 4 is 18.4 Å². The molecule has 0 spiro atoms. The van der Waals surface area contributed by atoms with E-state index in [0.717, 1.165) is 13.0 Å². The molecule has 0 bridgehead atoms. The van der Waals surface area contributed by atoms with Gasteiger partial charge in [0.25, 0.3) is 0 Å². The highest BCUT2D eigenvalue weighted by Crippen LogP contribution is 2.21. The van der Waals surface area contributed by atoms with E-state index in [-0.39, 0.29) is 18.2 Å². The van der Waals surface area contributed by atoms with E-state index in [1.54, 1.807) is 18.2 Å². The van der Waals surface area contributed by atoms with E-state index in [1.807, 2.05) is 4.90 Å². The first-order valence-corrected chi connectivity index (χ1v) is 5.39. The number of benzene rings is 1. The van der Waals surface area contributed by atoms with Crippen LogP contribution in [0.4, 0.5) is 4.39 Å². The minimum absolute atomic E-state index is 0. The second kappa shape index (κ2) is 5.98. The van der Waals surface area contributed by atoms with Crippen LogP contribution >= 0.6 is 12.4 Å². The lowest BCUT2D eigenvalue weighted by atomic mass is 10.1. The third-order valence-electron chi connectivity index (χ3n) is 2.98. The van der Waals surface area contributed by atoms with Crippen molar-refractivity contribution in [2.24, 2.45) is 0 Å². The summed E-state index contributed by atoms with van der Waals surface area (Å²) >= 11 is 0. The average molecular weight is 260 g/mol. The van der Waals surface area contributed by atoms with Crippen LogP contribution < -0.4 is 0 Å². The minimum atomic E-state index is -0.811. The SMILES string of the molecule is Cl.O=C(O)[C@@H]1CCCN1Cc1ccccc1F. The molecule has 1 aromatic rings. The Morgan fingerprint density at radius 2 is 2.18 bits per heavy atom. The number of rotatable bonds is 3. The molecule has 17 heavy (non-hydrogen) atoms. The third kappa shape index (κ3) is 3.17. The van der Waals surface area contributed by atoms with Crippen LogP contribution in [0.2, 0.25) is 0 Å². The van der Waals surface area contributed by atoms with Crippen LogP contribution in [0.25, 0.3) is 0 Å². The van der Waals surface area contributed by atoms with Crippen LogP contribution in [0, 0.1) is 5.82 Å². The highest BCUT2D eigenvalue weighted by Gasteiger charge is 2.30. The van der Waals surface area contributed by atoms with Gasteiger partial charge in [0, 0.05) is 12.1 Å². The Morgan fingerprint density at radius 1 is 1.47 bits per heavy atom. The summed E-state index contributed by atoms with van der Waals surface area (Å²) < 4.78 is 13.4. The van der Waals surface area contributed by atoms with Gasteiger partial charge in [-0.3, -0.25) is 9.69 Å². The predicted molar refractivity (Wildman–Crippen MR) is 64.7 cm³/mol. The maximum atomic E-state index is 13.4. The van der Waals surface area contributed by atoms with Crippen molar-refractivity contribution in [2.45, 2.75) is 25.4 Å². The van der Waals surface area contributed by atoms with Gasteiger partial charge in [0.15, 0.2) is 0 Å². The Morgan fingerprint density at radius 3 is 2.82 bits per heavy atom. The molecule has 1 fully saturated rings. The summed E-state index contributed by atoms with van der Waals surface area (Å²) in [6.07, 6.45) is 1.52. The topological polar surface area (TPSA) is 40.5 Å². The zero-order valence-corrected chi connectivity index (χ0v) is 10.1. The number of aliphatic carboxylic acids is 1. The molecule has 1 atom stereocenters. The van der Waals surface area contributed by atoms with Gasteiger partial charge < -0.3 is 5.11 Å². The fourth-order valence-electron chi connectivity index (χ4n) is 2.14. The molecule has 1 aromatic carbocycles. The molecule has 1 heterocycles. The van der Waals surface area contributed by atoms with Gasteiger partial charge in [-0.15, -0.1) is 12.4 Å². The molecule has 0 amide bonds. The molecule has 0 aliphatic carbocycles. The number of likely N-dealkylation sites (tertiary alicyclic amines) is 1. The molecular formula is C12H15ClFNO2. The molecular weight excluding hydrogens is 245 g/mol. The van der Waals surface area contributed by atoms with E-state index in [1.165, 1.54) is 6.07 Å². The largest absolute Gasteiger partial charge is 0.480 e. The molecule has 94 valence electrons. The molecule has 0 unspecified atom stereocenters. The smallest absolute Gasteiger partial charge is 0.320 e. The molecule has 1 saturated heterocycles.